The molecule has 0 aromatic rings. The van der Waals surface area contributed by atoms with Gasteiger partial charge >= 0.3 is 17.9 Å². The van der Waals surface area contributed by atoms with Crippen LogP contribution in [0.5, 0.6) is 0 Å². The Balaban J connectivity index is 4.50. The molecule has 0 bridgehead atoms. The molecule has 0 saturated heterocycles. The lowest BCUT2D eigenvalue weighted by Crippen LogP contribution is -2.30. The van der Waals surface area contributed by atoms with Crippen LogP contribution >= 0.6 is 0 Å². The van der Waals surface area contributed by atoms with Gasteiger partial charge in [0.15, 0.2) is 6.10 Å². The van der Waals surface area contributed by atoms with Crippen LogP contribution in [0.25, 0.3) is 0 Å². The summed E-state index contributed by atoms with van der Waals surface area (Å²) in [5, 5.41) is 0. The van der Waals surface area contributed by atoms with E-state index < -0.39 is 6.10 Å². The van der Waals surface area contributed by atoms with E-state index in [0.717, 1.165) is 186 Å². The molecule has 408 valence electrons. The van der Waals surface area contributed by atoms with Crippen LogP contribution in [-0.4, -0.2) is 37.2 Å². The van der Waals surface area contributed by atoms with Gasteiger partial charge in [0.1, 0.15) is 13.2 Å². The summed E-state index contributed by atoms with van der Waals surface area (Å²) < 4.78 is 16.8. The molecule has 0 aliphatic heterocycles. The molecule has 0 spiro atoms. The van der Waals surface area contributed by atoms with Gasteiger partial charge in [-0.25, -0.2) is 0 Å². The monoisotopic (exact) mass is 1000 g/mol. The number of unbranched alkanes of at least 4 members (excludes halogenated alkanes) is 13. The molecule has 0 aliphatic rings. The number of rotatable bonds is 50. The Morgan fingerprint density at radius 1 is 0.274 bits per heavy atom. The van der Waals surface area contributed by atoms with Crippen LogP contribution in [0, 0.1) is 0 Å². The van der Waals surface area contributed by atoms with Gasteiger partial charge in [-0.3, -0.25) is 14.4 Å². The van der Waals surface area contributed by atoms with Gasteiger partial charge in [-0.2, -0.15) is 0 Å². The minimum atomic E-state index is -0.817. The average Bonchev–Trinajstić information content (AvgIpc) is 3.39. The highest BCUT2D eigenvalue weighted by Crippen LogP contribution is 2.13. The predicted octanol–water partition coefficient (Wildman–Crippen LogP) is 19.8. The zero-order valence-electron chi connectivity index (χ0n) is 46.6. The maximum absolute atomic E-state index is 12.9. The lowest BCUT2D eigenvalue weighted by molar-refractivity contribution is -0.167. The molecular formula is C67H104O6. The zero-order valence-corrected chi connectivity index (χ0v) is 46.6. The van der Waals surface area contributed by atoms with Crippen molar-refractivity contribution in [2.75, 3.05) is 13.2 Å². The second-order valence-electron chi connectivity index (χ2n) is 18.4. The van der Waals surface area contributed by atoms with E-state index in [1.54, 1.807) is 0 Å². The molecule has 0 aromatic carbocycles. The van der Waals surface area contributed by atoms with E-state index in [9.17, 15) is 14.4 Å². The number of hydrogen-bond donors (Lipinski definition) is 0. The predicted molar refractivity (Wildman–Crippen MR) is 315 cm³/mol. The standard InChI is InChI=1S/C67H104O6/c1-4-7-10-13-16-19-22-25-28-29-30-31-32-33-34-35-36-37-40-42-45-48-51-54-57-60-66(69)72-63-64(73-67(70)61-58-55-52-49-46-43-39-27-24-21-18-15-12-9-6-3)62-71-65(68)59-56-53-50-47-44-41-38-26-23-20-17-14-11-8-5-2/h7-12,16-21,25-28,30-31,33-34,36-39,42,45,64H,4-6,13-15,22-24,29,32,35,40-41,43-44,46-63H2,1-3H3/b10-7-,11-8-,12-9-,19-16-,20-17-,21-18-,28-25-,31-30-,34-33-,37-36-,38-26-,39-27-,45-42-. The molecule has 0 aromatic heterocycles. The highest BCUT2D eigenvalue weighted by atomic mass is 16.6. The number of ether oxygens (including phenoxy) is 3. The minimum Gasteiger partial charge on any atom is -0.462 e. The lowest BCUT2D eigenvalue weighted by Gasteiger charge is -2.18. The van der Waals surface area contributed by atoms with Crippen LogP contribution < -0.4 is 0 Å². The molecular weight excluding hydrogens is 901 g/mol. The summed E-state index contributed by atoms with van der Waals surface area (Å²) in [5.74, 6) is -0.987. The second-order valence-corrected chi connectivity index (χ2v) is 18.4. The van der Waals surface area contributed by atoms with E-state index in [0.29, 0.717) is 12.8 Å². The highest BCUT2D eigenvalue weighted by molar-refractivity contribution is 5.71. The van der Waals surface area contributed by atoms with Gasteiger partial charge in [-0.1, -0.05) is 224 Å². The molecule has 0 heterocycles. The Labute approximate surface area is 448 Å². The van der Waals surface area contributed by atoms with Crippen molar-refractivity contribution in [2.45, 2.75) is 232 Å². The molecule has 0 aliphatic carbocycles. The Morgan fingerprint density at radius 3 is 0.781 bits per heavy atom. The molecule has 73 heavy (non-hydrogen) atoms. The van der Waals surface area contributed by atoms with Crippen molar-refractivity contribution in [3.63, 3.8) is 0 Å². The lowest BCUT2D eigenvalue weighted by atomic mass is 10.1. The van der Waals surface area contributed by atoms with Crippen LogP contribution in [0.15, 0.2) is 158 Å². The van der Waals surface area contributed by atoms with Crippen molar-refractivity contribution in [1.82, 2.24) is 0 Å². The maximum atomic E-state index is 12.9. The number of carbonyl (C=O) groups excluding carboxylic acids is 3. The number of esters is 3. The molecule has 1 unspecified atom stereocenters. The fraction of sp³-hybridized carbons (Fsp3) is 0.567. The third kappa shape index (κ3) is 57.8. The van der Waals surface area contributed by atoms with E-state index in [4.69, 9.17) is 14.2 Å². The van der Waals surface area contributed by atoms with Gasteiger partial charge in [0.2, 0.25) is 0 Å². The molecule has 0 saturated carbocycles. The van der Waals surface area contributed by atoms with Gasteiger partial charge in [-0.05, 0) is 141 Å². The summed E-state index contributed by atoms with van der Waals surface area (Å²) in [6.07, 6.45) is 86.6. The van der Waals surface area contributed by atoms with Crippen LogP contribution in [0.2, 0.25) is 0 Å². The van der Waals surface area contributed by atoms with Crippen LogP contribution in [-0.2, 0) is 28.6 Å². The summed E-state index contributed by atoms with van der Waals surface area (Å²) in [4.78, 5) is 38.2. The summed E-state index contributed by atoms with van der Waals surface area (Å²) >= 11 is 0. The van der Waals surface area contributed by atoms with Crippen molar-refractivity contribution in [3.05, 3.63) is 158 Å². The van der Waals surface area contributed by atoms with Gasteiger partial charge < -0.3 is 14.2 Å². The van der Waals surface area contributed by atoms with Crippen LogP contribution in [0.3, 0.4) is 0 Å². The van der Waals surface area contributed by atoms with Crippen molar-refractivity contribution >= 4 is 17.9 Å². The second kappa shape index (κ2) is 59.6. The third-order valence-corrected chi connectivity index (χ3v) is 11.5. The Bertz CT molecular complexity index is 1670. The van der Waals surface area contributed by atoms with E-state index >= 15 is 0 Å². The quantitative estimate of drug-likeness (QED) is 0.0261. The molecule has 0 amide bonds. The van der Waals surface area contributed by atoms with Gasteiger partial charge in [0.05, 0.1) is 0 Å². The fourth-order valence-corrected chi connectivity index (χ4v) is 7.27. The minimum absolute atomic E-state index is 0.112. The first-order valence-electron chi connectivity index (χ1n) is 29.0. The maximum Gasteiger partial charge on any atom is 0.306 e. The molecule has 6 nitrogen and oxygen atoms in total. The van der Waals surface area contributed by atoms with Crippen LogP contribution in [0.4, 0.5) is 0 Å². The molecule has 1 atom stereocenters. The fourth-order valence-electron chi connectivity index (χ4n) is 7.27. The van der Waals surface area contributed by atoms with Crippen molar-refractivity contribution in [2.24, 2.45) is 0 Å². The number of hydrogen-bond acceptors (Lipinski definition) is 6. The summed E-state index contributed by atoms with van der Waals surface area (Å²) in [7, 11) is 0. The van der Waals surface area contributed by atoms with E-state index in [2.05, 4.69) is 179 Å². The van der Waals surface area contributed by atoms with Crippen LogP contribution in [0.1, 0.15) is 226 Å². The SMILES string of the molecule is CC/C=C\C/C=C\C/C=C\C/C=C\C/C=C\C/C=C\C/C=C\CCCCCC(=O)OCC(COC(=O)CCCCCCC/C=C\C/C=C\C/C=C\CC)OC(=O)CCCCCCC/C=C\C/C=C\C/C=C\CC. The van der Waals surface area contributed by atoms with Gasteiger partial charge in [0, 0.05) is 19.3 Å². The van der Waals surface area contributed by atoms with Crippen molar-refractivity contribution < 1.29 is 28.6 Å². The molecule has 0 rings (SSSR count). The topological polar surface area (TPSA) is 78.9 Å². The molecule has 0 fully saturated rings. The summed E-state index contributed by atoms with van der Waals surface area (Å²) in [6.45, 7) is 6.23. The zero-order chi connectivity index (χ0) is 52.9. The number of carbonyl (C=O) groups is 3. The first-order chi connectivity index (χ1) is 36.0. The van der Waals surface area contributed by atoms with E-state index in [1.165, 1.54) is 0 Å². The normalized spacial score (nSPS) is 13.3. The average molecular weight is 1010 g/mol. The summed E-state index contributed by atoms with van der Waals surface area (Å²) in [5.41, 5.74) is 0. The van der Waals surface area contributed by atoms with E-state index in [-0.39, 0.29) is 37.5 Å². The highest BCUT2D eigenvalue weighted by Gasteiger charge is 2.19. The Morgan fingerprint density at radius 2 is 0.493 bits per heavy atom. The molecule has 0 N–H and O–H groups in total. The van der Waals surface area contributed by atoms with Crippen molar-refractivity contribution in [3.8, 4) is 0 Å². The molecule has 6 heteroatoms. The number of allylic oxidation sites excluding steroid dienone is 26. The van der Waals surface area contributed by atoms with Gasteiger partial charge in [-0.15, -0.1) is 0 Å². The van der Waals surface area contributed by atoms with E-state index in [1.807, 2.05) is 0 Å². The Hall–Kier alpha value is -4.97. The summed E-state index contributed by atoms with van der Waals surface area (Å²) in [6, 6.07) is 0. The Kier molecular flexibility index (Phi) is 55.5. The largest absolute Gasteiger partial charge is 0.462 e. The third-order valence-electron chi connectivity index (χ3n) is 11.5. The smallest absolute Gasteiger partial charge is 0.306 e. The van der Waals surface area contributed by atoms with Crippen molar-refractivity contribution in [1.29, 1.82) is 0 Å². The van der Waals surface area contributed by atoms with Gasteiger partial charge in [0.25, 0.3) is 0 Å². The first-order valence-corrected chi connectivity index (χ1v) is 29.0. The molecule has 0 radical (unpaired) electrons. The first kappa shape index (κ1) is 68.0.